The van der Waals surface area contributed by atoms with Gasteiger partial charge in [-0.15, -0.1) is 0 Å². The zero-order chi connectivity index (χ0) is 14.0. The van der Waals surface area contributed by atoms with E-state index < -0.39 is 24.0 Å². The number of anilines is 1. The summed E-state index contributed by atoms with van der Waals surface area (Å²) < 4.78 is 4.83. The number of nitrogens with zero attached hydrogens (tertiary/aromatic N) is 2. The second-order valence-electron chi connectivity index (χ2n) is 4.55. The van der Waals surface area contributed by atoms with E-state index >= 15 is 0 Å². The molecule has 0 spiro atoms. The molecule has 19 heavy (non-hydrogen) atoms. The number of carbonyl (C=O) groups is 2. The first kappa shape index (κ1) is 13.5. The number of β-amino-alcohol motifs (C(OH)–C–C–N with tert-alkyl or cyclic N) is 1. The minimum Gasteiger partial charge on any atom is -0.480 e. The summed E-state index contributed by atoms with van der Waals surface area (Å²) in [6.07, 6.45) is -0.592. The van der Waals surface area contributed by atoms with Crippen molar-refractivity contribution in [1.29, 1.82) is 0 Å². The highest BCUT2D eigenvalue weighted by atomic mass is 16.5. The summed E-state index contributed by atoms with van der Waals surface area (Å²) in [4.78, 5) is 24.1. The van der Waals surface area contributed by atoms with Gasteiger partial charge in [0.15, 0.2) is 0 Å². The predicted octanol–water partition coefficient (Wildman–Crippen LogP) is -0.559. The van der Waals surface area contributed by atoms with Crippen LogP contribution < -0.4 is 5.32 Å². The molecule has 2 unspecified atom stereocenters. The first-order valence-corrected chi connectivity index (χ1v) is 5.84. The van der Waals surface area contributed by atoms with E-state index in [1.54, 1.807) is 13.0 Å². The molecule has 8 nitrogen and oxygen atoms in total. The number of carboxylic acid groups (broad SMARTS) is 1. The Balaban J connectivity index is 1.92. The molecule has 1 fully saturated rings. The molecule has 1 amide bonds. The van der Waals surface area contributed by atoms with Gasteiger partial charge in [-0.25, -0.2) is 0 Å². The molecule has 0 saturated carbocycles. The van der Waals surface area contributed by atoms with Gasteiger partial charge in [-0.3, -0.25) is 19.8 Å². The van der Waals surface area contributed by atoms with Gasteiger partial charge < -0.3 is 14.7 Å². The second kappa shape index (κ2) is 5.37. The van der Waals surface area contributed by atoms with Crippen molar-refractivity contribution >= 4 is 17.8 Å². The quantitative estimate of drug-likeness (QED) is 0.671. The van der Waals surface area contributed by atoms with Crippen LogP contribution in [0, 0.1) is 6.92 Å². The molecule has 1 aromatic rings. The molecule has 1 aliphatic rings. The number of rotatable bonds is 4. The molecule has 104 valence electrons. The van der Waals surface area contributed by atoms with Crippen molar-refractivity contribution in [1.82, 2.24) is 10.1 Å². The Bertz CT molecular complexity index is 486. The van der Waals surface area contributed by atoms with Crippen LogP contribution in [0.3, 0.4) is 0 Å². The number of aliphatic hydroxyl groups is 1. The normalized spacial score (nSPS) is 23.5. The van der Waals surface area contributed by atoms with Gasteiger partial charge in [-0.05, 0) is 6.92 Å². The summed E-state index contributed by atoms with van der Waals surface area (Å²) >= 11 is 0. The van der Waals surface area contributed by atoms with Gasteiger partial charge in [0.05, 0.1) is 18.3 Å². The lowest BCUT2D eigenvalue weighted by atomic mass is 10.2. The maximum Gasteiger partial charge on any atom is 0.321 e. The largest absolute Gasteiger partial charge is 0.480 e. The Kier molecular flexibility index (Phi) is 3.82. The van der Waals surface area contributed by atoms with Crippen molar-refractivity contribution in [3.63, 3.8) is 0 Å². The number of amides is 1. The maximum absolute atomic E-state index is 11.7. The predicted molar refractivity (Wildman–Crippen MR) is 63.5 cm³/mol. The summed E-state index contributed by atoms with van der Waals surface area (Å²) in [6.45, 7) is 1.77. The van der Waals surface area contributed by atoms with Crippen LogP contribution in [0.4, 0.5) is 5.88 Å². The zero-order valence-corrected chi connectivity index (χ0v) is 10.4. The number of carbonyl (C=O) groups excluding carboxylic acids is 1. The number of aliphatic hydroxyl groups excluding tert-OH is 1. The number of hydrogen-bond acceptors (Lipinski definition) is 6. The van der Waals surface area contributed by atoms with Gasteiger partial charge in [-0.1, -0.05) is 5.16 Å². The van der Waals surface area contributed by atoms with Crippen LogP contribution in [0.5, 0.6) is 0 Å². The topological polar surface area (TPSA) is 116 Å². The molecule has 2 atom stereocenters. The Hall–Kier alpha value is -1.93. The number of aromatic nitrogens is 1. The summed E-state index contributed by atoms with van der Waals surface area (Å²) in [5.74, 6) is -1.23. The third-order valence-electron chi connectivity index (χ3n) is 2.90. The van der Waals surface area contributed by atoms with E-state index in [-0.39, 0.29) is 25.4 Å². The van der Waals surface area contributed by atoms with Crippen molar-refractivity contribution in [3.05, 3.63) is 11.8 Å². The van der Waals surface area contributed by atoms with Crippen molar-refractivity contribution in [2.24, 2.45) is 0 Å². The maximum atomic E-state index is 11.7. The molecule has 1 aromatic heterocycles. The highest BCUT2D eigenvalue weighted by Crippen LogP contribution is 2.18. The lowest BCUT2D eigenvalue weighted by molar-refractivity contribution is -0.142. The second-order valence-corrected chi connectivity index (χ2v) is 4.55. The molecule has 0 aromatic carbocycles. The molecular weight excluding hydrogens is 254 g/mol. The number of hydrogen-bond donors (Lipinski definition) is 3. The molecule has 0 bridgehead atoms. The van der Waals surface area contributed by atoms with Crippen LogP contribution in [-0.4, -0.2) is 57.4 Å². The van der Waals surface area contributed by atoms with Crippen molar-refractivity contribution in [3.8, 4) is 0 Å². The molecule has 0 aliphatic carbocycles. The molecule has 3 N–H and O–H groups in total. The molecule has 8 heteroatoms. The Morgan fingerprint density at radius 3 is 2.95 bits per heavy atom. The van der Waals surface area contributed by atoms with Gasteiger partial charge in [0.25, 0.3) is 0 Å². The lowest BCUT2D eigenvalue weighted by Crippen LogP contribution is -2.41. The van der Waals surface area contributed by atoms with Crippen LogP contribution in [-0.2, 0) is 9.59 Å². The number of carboxylic acids is 1. The first-order chi connectivity index (χ1) is 8.95. The molecule has 0 radical (unpaired) electrons. The van der Waals surface area contributed by atoms with E-state index in [9.17, 15) is 14.7 Å². The summed E-state index contributed by atoms with van der Waals surface area (Å²) in [6, 6.07) is 0.725. The van der Waals surface area contributed by atoms with Crippen LogP contribution in [0.1, 0.15) is 12.1 Å². The van der Waals surface area contributed by atoms with Gasteiger partial charge in [0, 0.05) is 19.0 Å². The van der Waals surface area contributed by atoms with Crippen LogP contribution in [0.25, 0.3) is 0 Å². The Morgan fingerprint density at radius 1 is 1.63 bits per heavy atom. The monoisotopic (exact) mass is 269 g/mol. The van der Waals surface area contributed by atoms with Crippen LogP contribution >= 0.6 is 0 Å². The average Bonchev–Trinajstić information content (AvgIpc) is 2.85. The van der Waals surface area contributed by atoms with Crippen LogP contribution in [0.15, 0.2) is 10.6 Å². The van der Waals surface area contributed by atoms with E-state index in [0.717, 1.165) is 0 Å². The highest BCUT2D eigenvalue weighted by molar-refractivity contribution is 5.91. The fraction of sp³-hybridized carbons (Fsp3) is 0.545. The molecule has 1 aliphatic heterocycles. The van der Waals surface area contributed by atoms with E-state index in [1.165, 1.54) is 4.90 Å². The van der Waals surface area contributed by atoms with Gasteiger partial charge >= 0.3 is 5.97 Å². The van der Waals surface area contributed by atoms with Gasteiger partial charge in [0.1, 0.15) is 6.04 Å². The minimum absolute atomic E-state index is 0.117. The Labute approximate surface area is 109 Å². The average molecular weight is 269 g/mol. The van der Waals surface area contributed by atoms with Crippen molar-refractivity contribution in [2.75, 3.05) is 18.4 Å². The molecular formula is C11H15N3O5. The van der Waals surface area contributed by atoms with E-state index in [1.807, 2.05) is 0 Å². The minimum atomic E-state index is -1.04. The first-order valence-electron chi connectivity index (χ1n) is 5.84. The number of aliphatic carboxylic acids is 1. The fourth-order valence-electron chi connectivity index (χ4n) is 2.09. The van der Waals surface area contributed by atoms with Crippen LogP contribution in [0.2, 0.25) is 0 Å². The van der Waals surface area contributed by atoms with E-state index in [4.69, 9.17) is 9.63 Å². The number of likely N-dealkylation sites (tertiary alicyclic amines) is 1. The Morgan fingerprint density at radius 2 is 2.37 bits per heavy atom. The lowest BCUT2D eigenvalue weighted by Gasteiger charge is -2.19. The van der Waals surface area contributed by atoms with Gasteiger partial charge in [0.2, 0.25) is 11.8 Å². The van der Waals surface area contributed by atoms with Gasteiger partial charge in [-0.2, -0.15) is 0 Å². The smallest absolute Gasteiger partial charge is 0.321 e. The van der Waals surface area contributed by atoms with E-state index in [2.05, 4.69) is 10.5 Å². The number of aryl methyl sites for hydroxylation is 1. The summed E-state index contributed by atoms with van der Waals surface area (Å²) in [7, 11) is 0. The molecule has 1 saturated heterocycles. The number of nitrogens with one attached hydrogen (secondary N) is 1. The third kappa shape index (κ3) is 3.30. The summed E-state index contributed by atoms with van der Waals surface area (Å²) in [5, 5.41) is 24.6. The molecule has 2 rings (SSSR count). The van der Waals surface area contributed by atoms with E-state index in [0.29, 0.717) is 5.69 Å². The van der Waals surface area contributed by atoms with Crippen molar-refractivity contribution in [2.45, 2.75) is 25.5 Å². The SMILES string of the molecule is Cc1cc(NC(=O)CN2CC(O)CC2C(=O)O)on1. The summed E-state index contributed by atoms with van der Waals surface area (Å²) in [5.41, 5.74) is 0.635. The zero-order valence-electron chi connectivity index (χ0n) is 10.4. The standard InChI is InChI=1S/C11H15N3O5/c1-6-2-10(19-13-6)12-9(16)5-14-4-7(15)3-8(14)11(17)18/h2,7-8,15H,3-5H2,1H3,(H,12,16)(H,17,18). The fourth-order valence-corrected chi connectivity index (χ4v) is 2.09. The van der Waals surface area contributed by atoms with Crippen molar-refractivity contribution < 1.29 is 24.3 Å². The third-order valence-corrected chi connectivity index (χ3v) is 2.90. The molecule has 2 heterocycles. The highest BCUT2D eigenvalue weighted by Gasteiger charge is 2.36.